The summed E-state index contributed by atoms with van der Waals surface area (Å²) in [5.41, 5.74) is 0.783. The van der Waals surface area contributed by atoms with Crippen LogP contribution >= 0.6 is 46.4 Å². The van der Waals surface area contributed by atoms with E-state index in [0.29, 0.717) is 59.3 Å². The summed E-state index contributed by atoms with van der Waals surface area (Å²) in [7, 11) is 0. The Morgan fingerprint density at radius 1 is 0.606 bits per heavy atom. The maximum atomic E-state index is 12.4. The van der Waals surface area contributed by atoms with Crippen molar-refractivity contribution in [2.24, 2.45) is 5.11 Å². The molecule has 0 amide bonds. The number of nitrogens with zero attached hydrogens (tertiary/aromatic N) is 2. The van der Waals surface area contributed by atoms with E-state index in [-0.39, 0.29) is 0 Å². The fourth-order valence-corrected chi connectivity index (χ4v) is 3.65. The van der Waals surface area contributed by atoms with Crippen molar-refractivity contribution in [2.75, 3.05) is 0 Å². The first-order valence-electron chi connectivity index (χ1n) is 9.52. The van der Waals surface area contributed by atoms with E-state index in [9.17, 15) is 5.21 Å². The summed E-state index contributed by atoms with van der Waals surface area (Å²) >= 11 is 24.0. The number of hydrogen-bond donors (Lipinski definition) is 0. The number of ether oxygens (including phenoxy) is 2. The smallest absolute Gasteiger partial charge is 0.245 e. The average molecular weight is 520 g/mol. The Morgan fingerprint density at radius 2 is 1.06 bits per heavy atom. The maximum absolute atomic E-state index is 12.4. The molecule has 166 valence electrons. The fourth-order valence-electron chi connectivity index (χ4n) is 2.76. The Balaban J connectivity index is 1.43. The van der Waals surface area contributed by atoms with E-state index < -0.39 is 0 Å². The minimum absolute atomic E-state index is 0.331. The lowest BCUT2D eigenvalue weighted by Gasteiger charge is -2.08. The van der Waals surface area contributed by atoms with Gasteiger partial charge in [-0.1, -0.05) is 51.3 Å². The second-order valence-electron chi connectivity index (χ2n) is 6.71. The maximum Gasteiger partial charge on any atom is 0.245 e. The van der Waals surface area contributed by atoms with Crippen LogP contribution in [0.4, 0.5) is 11.4 Å². The topological polar surface area (TPSA) is 56.9 Å². The highest BCUT2D eigenvalue weighted by Gasteiger charge is 2.09. The van der Waals surface area contributed by atoms with Gasteiger partial charge in [0, 0.05) is 27.3 Å². The normalized spacial score (nSPS) is 11.3. The van der Waals surface area contributed by atoms with Crippen molar-refractivity contribution in [3.63, 3.8) is 0 Å². The van der Waals surface area contributed by atoms with Crippen LogP contribution in [0, 0.1) is 5.21 Å². The van der Waals surface area contributed by atoms with Crippen LogP contribution in [0.15, 0.2) is 90.0 Å². The van der Waals surface area contributed by atoms with Crippen LogP contribution in [0.25, 0.3) is 0 Å². The van der Waals surface area contributed by atoms with Crippen LogP contribution in [-0.4, -0.2) is 4.86 Å². The van der Waals surface area contributed by atoms with Crippen LogP contribution in [0.5, 0.6) is 23.0 Å². The van der Waals surface area contributed by atoms with Crippen molar-refractivity contribution in [2.45, 2.75) is 0 Å². The molecule has 9 heteroatoms. The van der Waals surface area contributed by atoms with Gasteiger partial charge in [-0.05, 0) is 72.8 Å². The van der Waals surface area contributed by atoms with E-state index in [4.69, 9.17) is 55.9 Å². The molecule has 33 heavy (non-hydrogen) atoms. The highest BCUT2D eigenvalue weighted by molar-refractivity contribution is 6.36. The van der Waals surface area contributed by atoms with Gasteiger partial charge in [0.1, 0.15) is 28.7 Å². The summed E-state index contributed by atoms with van der Waals surface area (Å²) in [4.78, 5) is 0.519. The minimum Gasteiger partial charge on any atom is -0.594 e. The molecule has 0 aliphatic carbocycles. The summed E-state index contributed by atoms with van der Waals surface area (Å²) in [6.07, 6.45) is 0. The average Bonchev–Trinajstić information content (AvgIpc) is 2.79. The predicted molar refractivity (Wildman–Crippen MR) is 131 cm³/mol. The van der Waals surface area contributed by atoms with Gasteiger partial charge in [0.15, 0.2) is 0 Å². The zero-order chi connectivity index (χ0) is 23.4. The first-order valence-corrected chi connectivity index (χ1v) is 11.0. The number of halogens is 4. The predicted octanol–water partition coefficient (Wildman–Crippen LogP) is 9.81. The Hall–Kier alpha value is -2.96. The van der Waals surface area contributed by atoms with Gasteiger partial charge < -0.3 is 14.7 Å². The molecule has 0 radical (unpaired) electrons. The second kappa shape index (κ2) is 10.3. The Bertz CT molecular complexity index is 1310. The van der Waals surface area contributed by atoms with E-state index in [1.54, 1.807) is 84.9 Å². The molecule has 0 heterocycles. The fraction of sp³-hybridized carbons (Fsp3) is 0. The minimum atomic E-state index is 0.331. The van der Waals surface area contributed by atoms with Crippen LogP contribution in [0.1, 0.15) is 0 Å². The zero-order valence-electron chi connectivity index (χ0n) is 16.7. The molecule has 0 spiro atoms. The summed E-state index contributed by atoms with van der Waals surface area (Å²) in [6.45, 7) is 0. The van der Waals surface area contributed by atoms with Crippen molar-refractivity contribution in [1.82, 2.24) is 0 Å². The molecule has 4 aromatic carbocycles. The first-order chi connectivity index (χ1) is 15.9. The van der Waals surface area contributed by atoms with Gasteiger partial charge in [0.25, 0.3) is 0 Å². The molecule has 5 nitrogen and oxygen atoms in total. The molecule has 0 atom stereocenters. The highest BCUT2D eigenvalue weighted by Crippen LogP contribution is 2.34. The van der Waals surface area contributed by atoms with Crippen molar-refractivity contribution >= 4 is 57.8 Å². The summed E-state index contributed by atoms with van der Waals surface area (Å²) < 4.78 is 11.5. The van der Waals surface area contributed by atoms with Gasteiger partial charge in [0.05, 0.1) is 10.0 Å². The molecule has 0 unspecified atom stereocenters. The first kappa shape index (κ1) is 23.2. The molecule has 0 saturated heterocycles. The quantitative estimate of drug-likeness (QED) is 0.145. The second-order valence-corrected chi connectivity index (χ2v) is 8.40. The van der Waals surface area contributed by atoms with Crippen molar-refractivity contribution < 1.29 is 14.3 Å². The standard InChI is InChI=1S/C24H14Cl4N2O3/c25-15-1-11-23(21(27)13-15)32-19-7-3-17(4-8-19)29-30(31)18-5-9-20(10-6-18)33-24-12-2-16(26)14-22(24)28/h1-14H. The van der Waals surface area contributed by atoms with Gasteiger partial charge in [0.2, 0.25) is 5.69 Å². The summed E-state index contributed by atoms with van der Waals surface area (Å²) in [5.74, 6) is 1.98. The largest absolute Gasteiger partial charge is 0.594 e. The number of azo groups is 1. The molecule has 4 rings (SSSR count). The third-order valence-corrected chi connectivity index (χ3v) is 5.41. The van der Waals surface area contributed by atoms with Crippen LogP contribution in [-0.2, 0) is 0 Å². The molecule has 4 aromatic rings. The van der Waals surface area contributed by atoms with Crippen LogP contribution < -0.4 is 9.47 Å². The van der Waals surface area contributed by atoms with E-state index in [0.717, 1.165) is 0 Å². The molecule has 0 aromatic heterocycles. The van der Waals surface area contributed by atoms with E-state index in [2.05, 4.69) is 5.11 Å². The van der Waals surface area contributed by atoms with Gasteiger partial charge in [-0.2, -0.15) is 0 Å². The van der Waals surface area contributed by atoms with Gasteiger partial charge in [-0.15, -0.1) is 0 Å². The zero-order valence-corrected chi connectivity index (χ0v) is 19.7. The lowest BCUT2D eigenvalue weighted by molar-refractivity contribution is -0.435. The lowest BCUT2D eigenvalue weighted by atomic mass is 10.3. The van der Waals surface area contributed by atoms with E-state index in [1.165, 1.54) is 0 Å². The molecule has 0 saturated carbocycles. The SMILES string of the molecule is [O-][N+](=Nc1ccc(Oc2ccc(Cl)cc2Cl)cc1)c1ccc(Oc2ccc(Cl)cc2Cl)cc1. The van der Waals surface area contributed by atoms with Crippen molar-refractivity contribution in [1.29, 1.82) is 0 Å². The summed E-state index contributed by atoms with van der Waals surface area (Å²) in [6, 6.07) is 23.1. The Kier molecular flexibility index (Phi) is 7.26. The molecule has 0 fully saturated rings. The van der Waals surface area contributed by atoms with Crippen molar-refractivity contribution in [3.8, 4) is 23.0 Å². The van der Waals surface area contributed by atoms with E-state index >= 15 is 0 Å². The lowest BCUT2D eigenvalue weighted by Crippen LogP contribution is -1.91. The Morgan fingerprint density at radius 3 is 1.52 bits per heavy atom. The Labute approximate surface area is 209 Å². The van der Waals surface area contributed by atoms with Crippen LogP contribution in [0.3, 0.4) is 0 Å². The van der Waals surface area contributed by atoms with Crippen molar-refractivity contribution in [3.05, 3.63) is 110 Å². The molecular weight excluding hydrogens is 506 g/mol. The molecule has 0 bridgehead atoms. The highest BCUT2D eigenvalue weighted by atomic mass is 35.5. The third-order valence-electron chi connectivity index (χ3n) is 4.34. The molecule has 0 aliphatic rings. The third kappa shape index (κ3) is 6.09. The number of benzene rings is 4. The van der Waals surface area contributed by atoms with E-state index in [1.807, 2.05) is 0 Å². The van der Waals surface area contributed by atoms with Gasteiger partial charge in [-0.3, -0.25) is 0 Å². The monoisotopic (exact) mass is 518 g/mol. The number of hydrogen-bond acceptors (Lipinski definition) is 4. The number of rotatable bonds is 6. The molecular formula is C24H14Cl4N2O3. The summed E-state index contributed by atoms with van der Waals surface area (Å²) in [5, 5.41) is 18.3. The van der Waals surface area contributed by atoms with Gasteiger partial charge in [-0.25, -0.2) is 0 Å². The van der Waals surface area contributed by atoms with Crippen LogP contribution in [0.2, 0.25) is 20.1 Å². The molecule has 0 N–H and O–H groups in total. The van der Waals surface area contributed by atoms with Gasteiger partial charge >= 0.3 is 0 Å². The molecule has 0 aliphatic heterocycles.